The Morgan fingerprint density at radius 2 is 1.90 bits per heavy atom. The van der Waals surface area contributed by atoms with E-state index in [0.717, 1.165) is 25.9 Å². The van der Waals surface area contributed by atoms with Gasteiger partial charge in [-0.2, -0.15) is 0 Å². The Kier molecular flexibility index (Phi) is 7.54. The molecule has 0 bridgehead atoms. The number of nitrogens with one attached hydrogen (secondary N) is 1. The summed E-state index contributed by atoms with van der Waals surface area (Å²) in [6, 6.07) is 0. The molecule has 0 aliphatic carbocycles. The molecular formula is C14H27N3O3. The topological polar surface area (TPSA) is 72.9 Å². The van der Waals surface area contributed by atoms with Gasteiger partial charge >= 0.3 is 5.97 Å². The van der Waals surface area contributed by atoms with Crippen LogP contribution in [0.1, 0.15) is 25.7 Å². The van der Waals surface area contributed by atoms with E-state index in [4.69, 9.17) is 5.11 Å². The van der Waals surface area contributed by atoms with Gasteiger partial charge in [-0.15, -0.1) is 0 Å². The quantitative estimate of drug-likeness (QED) is 0.625. The Labute approximate surface area is 121 Å². The van der Waals surface area contributed by atoms with E-state index in [1.54, 1.807) is 4.90 Å². The van der Waals surface area contributed by atoms with E-state index < -0.39 is 5.97 Å². The second-order valence-corrected chi connectivity index (χ2v) is 5.68. The number of likely N-dealkylation sites (tertiary alicyclic amines) is 1. The Balaban J connectivity index is 2.07. The number of carboxylic acids is 1. The predicted octanol–water partition coefficient (Wildman–Crippen LogP) is 0.241. The number of piperidine rings is 1. The van der Waals surface area contributed by atoms with Crippen LogP contribution in [0, 0.1) is 5.92 Å². The van der Waals surface area contributed by atoms with Crippen molar-refractivity contribution in [2.75, 3.05) is 46.8 Å². The van der Waals surface area contributed by atoms with Crippen LogP contribution < -0.4 is 5.32 Å². The summed E-state index contributed by atoms with van der Waals surface area (Å²) in [6.07, 6.45) is 3.33. The molecule has 0 unspecified atom stereocenters. The zero-order valence-electron chi connectivity index (χ0n) is 12.6. The highest BCUT2D eigenvalue weighted by molar-refractivity contribution is 5.78. The molecule has 1 aliphatic rings. The minimum atomic E-state index is -0.740. The Bertz CT molecular complexity index is 313. The van der Waals surface area contributed by atoms with Crippen molar-refractivity contribution in [1.82, 2.24) is 15.1 Å². The van der Waals surface area contributed by atoms with Gasteiger partial charge in [-0.3, -0.25) is 9.59 Å². The van der Waals surface area contributed by atoms with Gasteiger partial charge in [0.15, 0.2) is 0 Å². The summed E-state index contributed by atoms with van der Waals surface area (Å²) in [5.74, 6) is -0.935. The first kappa shape index (κ1) is 16.9. The first-order chi connectivity index (χ1) is 9.50. The van der Waals surface area contributed by atoms with Crippen molar-refractivity contribution in [2.45, 2.75) is 25.7 Å². The van der Waals surface area contributed by atoms with Gasteiger partial charge in [0, 0.05) is 13.1 Å². The maximum absolute atomic E-state index is 11.9. The standard InChI is InChI=1S/C14H27N3O3/c1-16(2)8-4-3-7-15-11-13(18)17-9-5-12(6-10-17)14(19)20/h12,15H,3-11H2,1-2H3,(H,19,20). The molecule has 1 amide bonds. The van der Waals surface area contributed by atoms with Crippen LogP contribution in [0.15, 0.2) is 0 Å². The average molecular weight is 285 g/mol. The van der Waals surface area contributed by atoms with Gasteiger partial charge < -0.3 is 20.2 Å². The van der Waals surface area contributed by atoms with Gasteiger partial charge in [0.25, 0.3) is 0 Å². The lowest BCUT2D eigenvalue weighted by atomic mass is 9.97. The molecule has 0 radical (unpaired) electrons. The van der Waals surface area contributed by atoms with Gasteiger partial charge in [-0.25, -0.2) is 0 Å². The van der Waals surface area contributed by atoms with E-state index in [2.05, 4.69) is 24.3 Å². The molecule has 0 aromatic carbocycles. The van der Waals surface area contributed by atoms with Crippen molar-refractivity contribution in [2.24, 2.45) is 5.92 Å². The zero-order chi connectivity index (χ0) is 15.0. The molecule has 1 saturated heterocycles. The molecule has 0 spiro atoms. The van der Waals surface area contributed by atoms with Crippen molar-refractivity contribution in [3.05, 3.63) is 0 Å². The summed E-state index contributed by atoms with van der Waals surface area (Å²) in [6.45, 7) is 3.42. The van der Waals surface area contributed by atoms with Crippen LogP contribution >= 0.6 is 0 Å². The average Bonchev–Trinajstić information content (AvgIpc) is 2.42. The fourth-order valence-corrected chi connectivity index (χ4v) is 2.36. The number of carboxylic acid groups (broad SMARTS) is 1. The van der Waals surface area contributed by atoms with E-state index in [1.807, 2.05) is 0 Å². The molecule has 0 aromatic heterocycles. The summed E-state index contributed by atoms with van der Waals surface area (Å²) in [5.41, 5.74) is 0. The molecule has 1 aliphatic heterocycles. The van der Waals surface area contributed by atoms with E-state index in [-0.39, 0.29) is 11.8 Å². The number of amides is 1. The Hall–Kier alpha value is -1.14. The molecule has 116 valence electrons. The van der Waals surface area contributed by atoms with Crippen LogP contribution in [-0.2, 0) is 9.59 Å². The molecule has 0 aromatic rings. The SMILES string of the molecule is CN(C)CCCCNCC(=O)N1CCC(C(=O)O)CC1. The third-order valence-corrected chi connectivity index (χ3v) is 3.68. The Morgan fingerprint density at radius 1 is 1.25 bits per heavy atom. The van der Waals surface area contributed by atoms with E-state index in [9.17, 15) is 9.59 Å². The molecule has 1 rings (SSSR count). The lowest BCUT2D eigenvalue weighted by Crippen LogP contribution is -2.44. The fraction of sp³-hybridized carbons (Fsp3) is 0.857. The highest BCUT2D eigenvalue weighted by Gasteiger charge is 2.26. The second kappa shape index (κ2) is 8.92. The number of carbonyl (C=O) groups excluding carboxylic acids is 1. The number of hydrogen-bond donors (Lipinski definition) is 2. The normalized spacial score (nSPS) is 16.6. The first-order valence-electron chi connectivity index (χ1n) is 7.36. The van der Waals surface area contributed by atoms with E-state index in [1.165, 1.54) is 0 Å². The van der Waals surface area contributed by atoms with Gasteiger partial charge in [0.2, 0.25) is 5.91 Å². The number of rotatable bonds is 8. The van der Waals surface area contributed by atoms with Crippen LogP contribution in [0.2, 0.25) is 0 Å². The molecule has 20 heavy (non-hydrogen) atoms. The molecule has 2 N–H and O–H groups in total. The van der Waals surface area contributed by atoms with Gasteiger partial charge in [0.1, 0.15) is 0 Å². The summed E-state index contributed by atoms with van der Waals surface area (Å²) in [4.78, 5) is 26.7. The predicted molar refractivity (Wildman–Crippen MR) is 77.6 cm³/mol. The van der Waals surface area contributed by atoms with Crippen LogP contribution in [0.4, 0.5) is 0 Å². The Morgan fingerprint density at radius 3 is 2.45 bits per heavy atom. The third-order valence-electron chi connectivity index (χ3n) is 3.68. The molecule has 0 saturated carbocycles. The van der Waals surface area contributed by atoms with Crippen LogP contribution in [0.5, 0.6) is 0 Å². The number of hydrogen-bond acceptors (Lipinski definition) is 4. The fourth-order valence-electron chi connectivity index (χ4n) is 2.36. The maximum atomic E-state index is 11.9. The molecule has 6 nitrogen and oxygen atoms in total. The van der Waals surface area contributed by atoms with Gasteiger partial charge in [-0.1, -0.05) is 0 Å². The van der Waals surface area contributed by atoms with Crippen LogP contribution in [0.3, 0.4) is 0 Å². The molecule has 1 fully saturated rings. The largest absolute Gasteiger partial charge is 0.481 e. The number of carbonyl (C=O) groups is 2. The van der Waals surface area contributed by atoms with E-state index >= 15 is 0 Å². The monoisotopic (exact) mass is 285 g/mol. The minimum Gasteiger partial charge on any atom is -0.481 e. The molecule has 0 atom stereocenters. The summed E-state index contributed by atoms with van der Waals surface area (Å²) < 4.78 is 0. The highest BCUT2D eigenvalue weighted by atomic mass is 16.4. The number of unbranched alkanes of at least 4 members (excludes halogenated alkanes) is 1. The number of nitrogens with zero attached hydrogens (tertiary/aromatic N) is 2. The van der Waals surface area contributed by atoms with Crippen LogP contribution in [-0.4, -0.2) is 73.6 Å². The van der Waals surface area contributed by atoms with Crippen molar-refractivity contribution >= 4 is 11.9 Å². The van der Waals surface area contributed by atoms with Crippen molar-refractivity contribution < 1.29 is 14.7 Å². The third kappa shape index (κ3) is 6.34. The van der Waals surface area contributed by atoms with Crippen molar-refractivity contribution in [3.8, 4) is 0 Å². The summed E-state index contributed by atoms with van der Waals surface area (Å²) in [5, 5.41) is 12.1. The lowest BCUT2D eigenvalue weighted by Gasteiger charge is -2.30. The van der Waals surface area contributed by atoms with Crippen molar-refractivity contribution in [1.29, 1.82) is 0 Å². The lowest BCUT2D eigenvalue weighted by molar-refractivity contribution is -0.145. The molecule has 1 heterocycles. The highest BCUT2D eigenvalue weighted by Crippen LogP contribution is 2.16. The zero-order valence-corrected chi connectivity index (χ0v) is 12.6. The molecule has 6 heteroatoms. The second-order valence-electron chi connectivity index (χ2n) is 5.68. The summed E-state index contributed by atoms with van der Waals surface area (Å²) in [7, 11) is 4.11. The maximum Gasteiger partial charge on any atom is 0.306 e. The smallest absolute Gasteiger partial charge is 0.306 e. The van der Waals surface area contributed by atoms with Gasteiger partial charge in [0.05, 0.1) is 12.5 Å². The number of aliphatic carboxylic acids is 1. The minimum absolute atomic E-state index is 0.0847. The van der Waals surface area contributed by atoms with Crippen LogP contribution in [0.25, 0.3) is 0 Å². The first-order valence-corrected chi connectivity index (χ1v) is 7.36. The summed E-state index contributed by atoms with van der Waals surface area (Å²) >= 11 is 0. The molecular weight excluding hydrogens is 258 g/mol. The van der Waals surface area contributed by atoms with E-state index in [0.29, 0.717) is 32.5 Å². The van der Waals surface area contributed by atoms with Crippen molar-refractivity contribution in [3.63, 3.8) is 0 Å². The van der Waals surface area contributed by atoms with Gasteiger partial charge in [-0.05, 0) is 52.9 Å².